The van der Waals surface area contributed by atoms with Gasteiger partial charge in [0.2, 0.25) is 0 Å². The molecule has 1 rings (SSSR count). The highest BCUT2D eigenvalue weighted by Crippen LogP contribution is 2.23. The van der Waals surface area contributed by atoms with E-state index in [1.165, 1.54) is 12.8 Å². The van der Waals surface area contributed by atoms with Gasteiger partial charge in [0, 0.05) is 12.6 Å². The average molecular weight is 278 g/mol. The van der Waals surface area contributed by atoms with Gasteiger partial charge in [0.25, 0.3) is 0 Å². The van der Waals surface area contributed by atoms with Crippen LogP contribution in [0, 0.1) is 0 Å². The summed E-state index contributed by atoms with van der Waals surface area (Å²) in [5, 5.41) is 13.5. The minimum Gasteiger partial charge on any atom is -0.394 e. The zero-order valence-corrected chi connectivity index (χ0v) is 13.4. The fraction of sp³-hybridized carbons (Fsp3) is 0.647. The molecular formula is C17H30N2O. The van der Waals surface area contributed by atoms with Crippen LogP contribution in [0.4, 0.5) is 0 Å². The topological polar surface area (TPSA) is 35.5 Å². The molecule has 2 unspecified atom stereocenters. The lowest BCUT2D eigenvalue weighted by Crippen LogP contribution is -2.54. The van der Waals surface area contributed by atoms with Gasteiger partial charge in [-0.05, 0) is 32.5 Å². The van der Waals surface area contributed by atoms with Gasteiger partial charge >= 0.3 is 0 Å². The Morgan fingerprint density at radius 2 is 1.90 bits per heavy atom. The molecule has 0 saturated carbocycles. The Balaban J connectivity index is 2.94. The minimum atomic E-state index is -0.382. The Morgan fingerprint density at radius 3 is 2.40 bits per heavy atom. The second-order valence-electron chi connectivity index (χ2n) is 5.69. The monoisotopic (exact) mass is 278 g/mol. The number of rotatable bonds is 9. The summed E-state index contributed by atoms with van der Waals surface area (Å²) in [5.41, 5.74) is 0.771. The van der Waals surface area contributed by atoms with Crippen LogP contribution >= 0.6 is 0 Å². The van der Waals surface area contributed by atoms with Crippen LogP contribution in [0.2, 0.25) is 0 Å². The maximum Gasteiger partial charge on any atom is 0.0797 e. The van der Waals surface area contributed by atoms with Crippen LogP contribution in [-0.4, -0.2) is 42.8 Å². The van der Waals surface area contributed by atoms with Crippen molar-refractivity contribution in [3.8, 4) is 0 Å². The van der Waals surface area contributed by atoms with Crippen molar-refractivity contribution in [1.82, 2.24) is 10.2 Å². The highest BCUT2D eigenvalue weighted by atomic mass is 16.3. The third kappa shape index (κ3) is 4.30. The van der Waals surface area contributed by atoms with Crippen molar-refractivity contribution in [2.24, 2.45) is 0 Å². The summed E-state index contributed by atoms with van der Waals surface area (Å²) >= 11 is 0. The Kier molecular flexibility index (Phi) is 7.20. The molecule has 0 aliphatic rings. The largest absolute Gasteiger partial charge is 0.394 e. The molecule has 0 fully saturated rings. The normalized spacial score (nSPS) is 16.1. The quantitative estimate of drug-likeness (QED) is 0.729. The number of nitrogens with one attached hydrogen (secondary N) is 1. The van der Waals surface area contributed by atoms with Crippen LogP contribution < -0.4 is 5.32 Å². The van der Waals surface area contributed by atoms with Crippen molar-refractivity contribution >= 4 is 0 Å². The van der Waals surface area contributed by atoms with Gasteiger partial charge in [-0.2, -0.15) is 0 Å². The van der Waals surface area contributed by atoms with Gasteiger partial charge in [-0.1, -0.05) is 50.6 Å². The van der Waals surface area contributed by atoms with E-state index in [1.807, 2.05) is 18.2 Å². The number of aliphatic hydroxyl groups excluding tert-OH is 1. The molecule has 114 valence electrons. The third-order valence-corrected chi connectivity index (χ3v) is 4.09. The standard InChI is InChI=1S/C17H30N2O/c1-5-10-15(3)19(4)13-17(14-20,18-6-2)16-11-8-7-9-12-16/h7-9,11-12,15,18,20H,5-6,10,13-14H2,1-4H3. The molecule has 0 aromatic heterocycles. The van der Waals surface area contributed by atoms with E-state index in [9.17, 15) is 5.11 Å². The zero-order valence-electron chi connectivity index (χ0n) is 13.4. The first-order valence-corrected chi connectivity index (χ1v) is 7.71. The van der Waals surface area contributed by atoms with Gasteiger partial charge < -0.3 is 15.3 Å². The lowest BCUT2D eigenvalue weighted by Gasteiger charge is -2.39. The minimum absolute atomic E-state index is 0.105. The fourth-order valence-corrected chi connectivity index (χ4v) is 2.76. The second-order valence-corrected chi connectivity index (χ2v) is 5.69. The first-order chi connectivity index (χ1) is 9.59. The third-order valence-electron chi connectivity index (χ3n) is 4.09. The Labute approximate surface area is 124 Å². The summed E-state index contributed by atoms with van der Waals surface area (Å²) in [6, 6.07) is 10.8. The predicted molar refractivity (Wildman–Crippen MR) is 85.9 cm³/mol. The van der Waals surface area contributed by atoms with Gasteiger partial charge in [0.15, 0.2) is 0 Å². The summed E-state index contributed by atoms with van der Waals surface area (Å²) in [5.74, 6) is 0. The van der Waals surface area contributed by atoms with Crippen molar-refractivity contribution in [1.29, 1.82) is 0 Å². The number of likely N-dealkylation sites (N-methyl/N-ethyl adjacent to an activating group) is 2. The van der Waals surface area contributed by atoms with E-state index in [1.54, 1.807) is 0 Å². The first kappa shape index (κ1) is 17.2. The van der Waals surface area contributed by atoms with E-state index >= 15 is 0 Å². The lowest BCUT2D eigenvalue weighted by molar-refractivity contribution is 0.101. The first-order valence-electron chi connectivity index (χ1n) is 7.71. The molecule has 3 heteroatoms. The molecule has 0 saturated heterocycles. The van der Waals surface area contributed by atoms with E-state index in [0.29, 0.717) is 6.04 Å². The lowest BCUT2D eigenvalue weighted by atomic mass is 9.89. The molecule has 0 amide bonds. The molecule has 20 heavy (non-hydrogen) atoms. The number of hydrogen-bond donors (Lipinski definition) is 2. The summed E-state index contributed by atoms with van der Waals surface area (Å²) in [6.07, 6.45) is 2.36. The van der Waals surface area contributed by atoms with Crippen LogP contribution in [0.25, 0.3) is 0 Å². The number of hydrogen-bond acceptors (Lipinski definition) is 3. The van der Waals surface area contributed by atoms with Crippen molar-refractivity contribution in [2.75, 3.05) is 26.7 Å². The number of benzene rings is 1. The van der Waals surface area contributed by atoms with E-state index in [-0.39, 0.29) is 12.1 Å². The molecule has 0 radical (unpaired) electrons. The summed E-state index contributed by atoms with van der Waals surface area (Å²) in [4.78, 5) is 2.34. The summed E-state index contributed by atoms with van der Waals surface area (Å²) in [7, 11) is 2.14. The molecule has 0 heterocycles. The number of aliphatic hydroxyl groups is 1. The van der Waals surface area contributed by atoms with Gasteiger partial charge in [-0.3, -0.25) is 0 Å². The summed E-state index contributed by atoms with van der Waals surface area (Å²) < 4.78 is 0. The van der Waals surface area contributed by atoms with Crippen LogP contribution in [0.5, 0.6) is 0 Å². The molecule has 2 atom stereocenters. The second kappa shape index (κ2) is 8.40. The van der Waals surface area contributed by atoms with Crippen molar-refractivity contribution in [2.45, 2.75) is 45.2 Å². The van der Waals surface area contributed by atoms with Gasteiger partial charge in [-0.15, -0.1) is 0 Å². The van der Waals surface area contributed by atoms with Crippen LogP contribution in [-0.2, 0) is 5.54 Å². The Bertz CT molecular complexity index is 369. The van der Waals surface area contributed by atoms with E-state index in [4.69, 9.17) is 0 Å². The van der Waals surface area contributed by atoms with E-state index < -0.39 is 0 Å². The Hall–Kier alpha value is -0.900. The fourth-order valence-electron chi connectivity index (χ4n) is 2.76. The van der Waals surface area contributed by atoms with Crippen LogP contribution in [0.1, 0.15) is 39.2 Å². The highest BCUT2D eigenvalue weighted by molar-refractivity contribution is 5.25. The van der Waals surface area contributed by atoms with Crippen molar-refractivity contribution < 1.29 is 5.11 Å². The van der Waals surface area contributed by atoms with E-state index in [0.717, 1.165) is 18.7 Å². The SMILES string of the molecule is CCCC(C)N(C)CC(CO)(NCC)c1ccccc1. The molecule has 0 spiro atoms. The molecule has 0 bridgehead atoms. The molecule has 0 aliphatic heterocycles. The molecule has 2 N–H and O–H groups in total. The van der Waals surface area contributed by atoms with Gasteiger partial charge in [0.05, 0.1) is 12.1 Å². The Morgan fingerprint density at radius 1 is 1.25 bits per heavy atom. The van der Waals surface area contributed by atoms with Crippen molar-refractivity contribution in [3.63, 3.8) is 0 Å². The average Bonchev–Trinajstić information content (AvgIpc) is 2.47. The number of nitrogens with zero attached hydrogens (tertiary/aromatic N) is 1. The molecule has 3 nitrogen and oxygen atoms in total. The zero-order chi connectivity index (χ0) is 15.0. The van der Waals surface area contributed by atoms with Crippen LogP contribution in [0.3, 0.4) is 0 Å². The highest BCUT2D eigenvalue weighted by Gasteiger charge is 2.32. The maximum absolute atomic E-state index is 10.0. The molecule has 1 aromatic carbocycles. The van der Waals surface area contributed by atoms with Gasteiger partial charge in [-0.25, -0.2) is 0 Å². The van der Waals surface area contributed by atoms with Gasteiger partial charge in [0.1, 0.15) is 0 Å². The smallest absolute Gasteiger partial charge is 0.0797 e. The molecule has 0 aliphatic carbocycles. The summed E-state index contributed by atoms with van der Waals surface area (Å²) in [6.45, 7) is 8.30. The molecular weight excluding hydrogens is 248 g/mol. The van der Waals surface area contributed by atoms with Crippen LogP contribution in [0.15, 0.2) is 30.3 Å². The molecule has 1 aromatic rings. The maximum atomic E-state index is 10.0. The van der Waals surface area contributed by atoms with Crippen molar-refractivity contribution in [3.05, 3.63) is 35.9 Å². The predicted octanol–water partition coefficient (Wildman–Crippen LogP) is 2.60. The van der Waals surface area contributed by atoms with E-state index in [2.05, 4.69) is 50.2 Å².